The average Bonchev–Trinajstić information content (AvgIpc) is 3.25. The quantitative estimate of drug-likeness (QED) is 0.526. The third-order valence-corrected chi connectivity index (χ3v) is 8.36. The molecule has 2 fully saturated rings. The molecule has 1 atom stereocenters. The summed E-state index contributed by atoms with van der Waals surface area (Å²) in [6.07, 6.45) is 10.3. The molecule has 1 saturated heterocycles. The van der Waals surface area contributed by atoms with E-state index in [-0.39, 0.29) is 17.4 Å². The fraction of sp³-hybridized carbons (Fsp3) is 0.519. The maximum atomic E-state index is 13.1. The first kappa shape index (κ1) is 23.1. The van der Waals surface area contributed by atoms with Gasteiger partial charge in [0.15, 0.2) is 0 Å². The van der Waals surface area contributed by atoms with Gasteiger partial charge in [0.2, 0.25) is 11.9 Å². The largest absolute Gasteiger partial charge is 0.353 e. The number of rotatable bonds is 4. The predicted molar refractivity (Wildman–Crippen MR) is 140 cm³/mol. The van der Waals surface area contributed by atoms with Gasteiger partial charge < -0.3 is 10.2 Å². The highest BCUT2D eigenvalue weighted by molar-refractivity contribution is 7.17. The highest BCUT2D eigenvalue weighted by atomic mass is 32.1. The second-order valence-electron chi connectivity index (χ2n) is 9.87. The molecule has 180 valence electrons. The fourth-order valence-electron chi connectivity index (χ4n) is 5.43. The third-order valence-electron chi connectivity index (χ3n) is 7.39. The Hall–Kier alpha value is -2.67. The van der Waals surface area contributed by atoms with Gasteiger partial charge in [0, 0.05) is 30.1 Å². The zero-order chi connectivity index (χ0) is 23.5. The minimum atomic E-state index is -0.106. The van der Waals surface area contributed by atoms with E-state index in [1.807, 2.05) is 17.5 Å². The number of amides is 1. The molecule has 1 aromatic carbocycles. The summed E-state index contributed by atoms with van der Waals surface area (Å²) < 4.78 is 0.651. The Morgan fingerprint density at radius 1 is 1.06 bits per heavy atom. The van der Waals surface area contributed by atoms with Crippen molar-refractivity contribution in [2.75, 3.05) is 18.0 Å². The van der Waals surface area contributed by atoms with Gasteiger partial charge in [-0.05, 0) is 43.7 Å². The summed E-state index contributed by atoms with van der Waals surface area (Å²) in [4.78, 5) is 36.0. The van der Waals surface area contributed by atoms with Crippen LogP contribution in [0.5, 0.6) is 0 Å². The first-order chi connectivity index (χ1) is 16.6. The van der Waals surface area contributed by atoms with Crippen LogP contribution >= 0.6 is 11.3 Å². The number of aromatic amines is 1. The van der Waals surface area contributed by atoms with E-state index < -0.39 is 0 Å². The van der Waals surface area contributed by atoms with Crippen LogP contribution in [0.25, 0.3) is 21.3 Å². The molecule has 1 saturated carbocycles. The van der Waals surface area contributed by atoms with Crippen LogP contribution < -0.4 is 15.8 Å². The smallest absolute Gasteiger partial charge is 0.270 e. The summed E-state index contributed by atoms with van der Waals surface area (Å²) in [6.45, 7) is 3.47. The summed E-state index contributed by atoms with van der Waals surface area (Å²) in [6, 6.07) is 8.51. The second-order valence-corrected chi connectivity index (χ2v) is 10.7. The molecule has 0 spiro atoms. The van der Waals surface area contributed by atoms with E-state index in [1.165, 1.54) is 43.4 Å². The Labute approximate surface area is 204 Å². The Morgan fingerprint density at radius 3 is 2.62 bits per heavy atom. The van der Waals surface area contributed by atoms with E-state index in [4.69, 9.17) is 4.98 Å². The van der Waals surface area contributed by atoms with Crippen molar-refractivity contribution in [2.24, 2.45) is 5.92 Å². The van der Waals surface area contributed by atoms with Crippen molar-refractivity contribution in [1.82, 2.24) is 15.3 Å². The molecule has 2 N–H and O–H groups in total. The number of carbonyl (C=O) groups is 1. The summed E-state index contributed by atoms with van der Waals surface area (Å²) >= 11 is 1.44. The number of piperidine rings is 1. The van der Waals surface area contributed by atoms with E-state index in [0.717, 1.165) is 54.4 Å². The number of aromatic nitrogens is 2. The van der Waals surface area contributed by atoms with Gasteiger partial charge in [0.1, 0.15) is 4.70 Å². The molecule has 0 radical (unpaired) electrons. The van der Waals surface area contributed by atoms with Gasteiger partial charge in [0.25, 0.3) is 5.56 Å². The molecule has 6 nitrogen and oxygen atoms in total. The minimum Gasteiger partial charge on any atom is -0.353 e. The zero-order valence-electron chi connectivity index (χ0n) is 19.9. The number of thiophene rings is 1. The molecule has 1 unspecified atom stereocenters. The molecule has 2 aliphatic rings. The average molecular weight is 479 g/mol. The number of anilines is 1. The van der Waals surface area contributed by atoms with Gasteiger partial charge in [-0.15, -0.1) is 11.3 Å². The molecule has 34 heavy (non-hydrogen) atoms. The number of aryl methyl sites for hydroxylation is 1. The number of benzene rings is 1. The standard InChI is InChI=1S/C27H34N4O2S/c1-18-10-7-8-14-21(18)22-17-34-24-23(22)29-27(30-26(24)33)31-15-9-11-19(16-31)25(32)28-20-12-5-3-2-4-6-13-20/h7-8,10,14,17,19-20H,2-6,9,11-13,15-16H2,1H3,(H,28,32)(H,29,30,33). The number of hydrogen-bond acceptors (Lipinski definition) is 5. The highest BCUT2D eigenvalue weighted by Crippen LogP contribution is 2.34. The maximum absolute atomic E-state index is 13.1. The molecular formula is C27H34N4O2S. The van der Waals surface area contributed by atoms with Crippen LogP contribution in [0.15, 0.2) is 34.4 Å². The van der Waals surface area contributed by atoms with E-state index in [0.29, 0.717) is 23.2 Å². The fourth-order valence-corrected chi connectivity index (χ4v) is 6.33. The number of fused-ring (bicyclic) bond motifs is 1. The van der Waals surface area contributed by atoms with E-state index in [9.17, 15) is 9.59 Å². The van der Waals surface area contributed by atoms with Crippen molar-refractivity contribution in [2.45, 2.75) is 70.8 Å². The number of hydrogen-bond donors (Lipinski definition) is 2. The van der Waals surface area contributed by atoms with Crippen LogP contribution in [-0.2, 0) is 4.79 Å². The van der Waals surface area contributed by atoms with Gasteiger partial charge in [-0.2, -0.15) is 0 Å². The minimum absolute atomic E-state index is 0.0708. The van der Waals surface area contributed by atoms with Crippen molar-refractivity contribution in [3.63, 3.8) is 0 Å². The molecule has 3 heterocycles. The van der Waals surface area contributed by atoms with Crippen molar-refractivity contribution < 1.29 is 4.79 Å². The van der Waals surface area contributed by atoms with Gasteiger partial charge in [-0.1, -0.05) is 56.4 Å². The van der Waals surface area contributed by atoms with Crippen LogP contribution in [0.4, 0.5) is 5.95 Å². The van der Waals surface area contributed by atoms with Gasteiger partial charge in [0.05, 0.1) is 11.4 Å². The number of nitrogens with one attached hydrogen (secondary N) is 2. The lowest BCUT2D eigenvalue weighted by molar-refractivity contribution is -0.126. The number of carbonyl (C=O) groups excluding carboxylic acids is 1. The first-order valence-electron chi connectivity index (χ1n) is 12.7. The van der Waals surface area contributed by atoms with Crippen LogP contribution in [-0.4, -0.2) is 35.0 Å². The van der Waals surface area contributed by atoms with Crippen LogP contribution in [0.3, 0.4) is 0 Å². The van der Waals surface area contributed by atoms with Crippen LogP contribution in [0, 0.1) is 12.8 Å². The van der Waals surface area contributed by atoms with E-state index in [2.05, 4.69) is 34.3 Å². The topological polar surface area (TPSA) is 78.1 Å². The van der Waals surface area contributed by atoms with Crippen molar-refractivity contribution >= 4 is 33.4 Å². The molecule has 7 heteroatoms. The molecule has 5 rings (SSSR count). The lowest BCUT2D eigenvalue weighted by atomic mass is 9.94. The van der Waals surface area contributed by atoms with Crippen molar-refractivity contribution in [3.05, 3.63) is 45.6 Å². The Balaban J connectivity index is 1.36. The number of H-pyrrole nitrogens is 1. The Morgan fingerprint density at radius 2 is 1.82 bits per heavy atom. The van der Waals surface area contributed by atoms with Gasteiger partial charge >= 0.3 is 0 Å². The maximum Gasteiger partial charge on any atom is 0.270 e. The van der Waals surface area contributed by atoms with Gasteiger partial charge in [-0.3, -0.25) is 14.6 Å². The molecule has 3 aromatic rings. The predicted octanol–water partition coefficient (Wildman–Crippen LogP) is 5.41. The molecule has 0 bridgehead atoms. The molecule has 1 aliphatic carbocycles. The van der Waals surface area contributed by atoms with Gasteiger partial charge in [-0.25, -0.2) is 4.98 Å². The second kappa shape index (κ2) is 10.3. The highest BCUT2D eigenvalue weighted by Gasteiger charge is 2.29. The summed E-state index contributed by atoms with van der Waals surface area (Å²) in [5, 5.41) is 5.37. The van der Waals surface area contributed by atoms with E-state index in [1.54, 1.807) is 0 Å². The summed E-state index contributed by atoms with van der Waals surface area (Å²) in [7, 11) is 0. The molecule has 1 amide bonds. The number of nitrogens with zero attached hydrogens (tertiary/aromatic N) is 2. The van der Waals surface area contributed by atoms with Crippen molar-refractivity contribution in [1.29, 1.82) is 0 Å². The normalized spacial score (nSPS) is 20.1. The lowest BCUT2D eigenvalue weighted by Gasteiger charge is -2.33. The monoisotopic (exact) mass is 478 g/mol. The van der Waals surface area contributed by atoms with Crippen LogP contribution in [0.1, 0.15) is 63.4 Å². The lowest BCUT2D eigenvalue weighted by Crippen LogP contribution is -2.46. The van der Waals surface area contributed by atoms with Crippen LogP contribution in [0.2, 0.25) is 0 Å². The zero-order valence-corrected chi connectivity index (χ0v) is 20.8. The van der Waals surface area contributed by atoms with E-state index >= 15 is 0 Å². The first-order valence-corrected chi connectivity index (χ1v) is 13.6. The molecule has 2 aromatic heterocycles. The molecular weight excluding hydrogens is 444 g/mol. The Kier molecular flexibility index (Phi) is 6.99. The SMILES string of the molecule is Cc1ccccc1-c1csc2c(=O)[nH]c(N3CCCC(C(=O)NC4CCCCCCC4)C3)nc12. The van der Waals surface area contributed by atoms with Crippen molar-refractivity contribution in [3.8, 4) is 11.1 Å². The molecule has 1 aliphatic heterocycles. The summed E-state index contributed by atoms with van der Waals surface area (Å²) in [5.41, 5.74) is 3.91. The Bertz CT molecular complexity index is 1210. The summed E-state index contributed by atoms with van der Waals surface area (Å²) in [5.74, 6) is 0.669. The third kappa shape index (κ3) is 4.90.